The number of nitrogens with zero attached hydrogens (tertiary/aromatic N) is 4. The summed E-state index contributed by atoms with van der Waals surface area (Å²) in [6.45, 7) is 0.577. The normalized spacial score (nSPS) is 10.3. The van der Waals surface area contributed by atoms with E-state index < -0.39 is 0 Å². The van der Waals surface area contributed by atoms with Crippen LogP contribution in [0.1, 0.15) is 12.8 Å². The molecule has 0 aliphatic heterocycles. The van der Waals surface area contributed by atoms with Crippen LogP contribution in [0.5, 0.6) is 0 Å². The minimum atomic E-state index is -0.0621. The van der Waals surface area contributed by atoms with Crippen molar-refractivity contribution in [2.75, 3.05) is 0 Å². The van der Waals surface area contributed by atoms with Crippen molar-refractivity contribution >= 4 is 5.52 Å². The summed E-state index contributed by atoms with van der Waals surface area (Å²) < 4.78 is 3.15. The summed E-state index contributed by atoms with van der Waals surface area (Å²) in [5.74, 6) is 0. The van der Waals surface area contributed by atoms with E-state index in [1.54, 1.807) is 33.7 Å². The van der Waals surface area contributed by atoms with E-state index in [4.69, 9.17) is 5.26 Å². The van der Waals surface area contributed by atoms with E-state index in [9.17, 15) is 4.79 Å². The summed E-state index contributed by atoms with van der Waals surface area (Å²) in [6.07, 6.45) is 6.19. The molecule has 0 bridgehead atoms. The lowest BCUT2D eigenvalue weighted by Gasteiger charge is -2.03. The van der Waals surface area contributed by atoms with Gasteiger partial charge in [0.1, 0.15) is 5.52 Å². The SMILES string of the molecule is N#CCCCn1ccn2nccc2c1=O. The van der Waals surface area contributed by atoms with E-state index in [1.165, 1.54) is 0 Å². The number of rotatable bonds is 3. The smallest absolute Gasteiger partial charge is 0.276 e. The van der Waals surface area contributed by atoms with Gasteiger partial charge < -0.3 is 4.57 Å². The lowest BCUT2D eigenvalue weighted by atomic mass is 10.3. The zero-order valence-corrected chi connectivity index (χ0v) is 8.13. The van der Waals surface area contributed by atoms with Gasteiger partial charge in [0.2, 0.25) is 0 Å². The Bertz CT molecular complexity index is 561. The second kappa shape index (κ2) is 3.96. The second-order valence-corrected chi connectivity index (χ2v) is 3.22. The molecule has 0 aliphatic rings. The molecule has 5 heteroatoms. The fourth-order valence-electron chi connectivity index (χ4n) is 1.47. The van der Waals surface area contributed by atoms with Gasteiger partial charge in [0.15, 0.2) is 0 Å². The lowest BCUT2D eigenvalue weighted by Crippen LogP contribution is -2.21. The van der Waals surface area contributed by atoms with Crippen molar-refractivity contribution in [1.29, 1.82) is 5.26 Å². The Morgan fingerprint density at radius 1 is 1.47 bits per heavy atom. The molecule has 0 aliphatic carbocycles. The van der Waals surface area contributed by atoms with Crippen LogP contribution in [-0.2, 0) is 6.54 Å². The summed E-state index contributed by atoms with van der Waals surface area (Å²) in [7, 11) is 0. The molecule has 0 amide bonds. The third-order valence-corrected chi connectivity index (χ3v) is 2.23. The first-order valence-electron chi connectivity index (χ1n) is 4.72. The maximum Gasteiger partial charge on any atom is 0.276 e. The zero-order valence-electron chi connectivity index (χ0n) is 8.13. The largest absolute Gasteiger partial charge is 0.312 e. The summed E-state index contributed by atoms with van der Waals surface area (Å²) in [6, 6.07) is 3.74. The molecule has 5 nitrogen and oxygen atoms in total. The fourth-order valence-corrected chi connectivity index (χ4v) is 1.47. The number of aryl methyl sites for hydroxylation is 1. The fraction of sp³-hybridized carbons (Fsp3) is 0.300. The van der Waals surface area contributed by atoms with Crippen LogP contribution < -0.4 is 5.56 Å². The Balaban J connectivity index is 2.32. The van der Waals surface area contributed by atoms with Gasteiger partial charge in [-0.25, -0.2) is 4.52 Å². The van der Waals surface area contributed by atoms with E-state index in [-0.39, 0.29) is 5.56 Å². The van der Waals surface area contributed by atoms with Crippen LogP contribution in [0.15, 0.2) is 29.5 Å². The van der Waals surface area contributed by atoms with Crippen LogP contribution in [0.25, 0.3) is 5.52 Å². The number of nitriles is 1. The van der Waals surface area contributed by atoms with E-state index in [0.29, 0.717) is 24.9 Å². The van der Waals surface area contributed by atoms with Gasteiger partial charge in [-0.05, 0) is 12.5 Å². The Kier molecular flexibility index (Phi) is 2.50. The molecule has 15 heavy (non-hydrogen) atoms. The topological polar surface area (TPSA) is 63.1 Å². The van der Waals surface area contributed by atoms with Crippen LogP contribution in [0, 0.1) is 11.3 Å². The number of unbranched alkanes of at least 4 members (excludes halogenated alkanes) is 1. The second-order valence-electron chi connectivity index (χ2n) is 3.22. The van der Waals surface area contributed by atoms with Gasteiger partial charge in [-0.3, -0.25) is 4.79 Å². The van der Waals surface area contributed by atoms with Gasteiger partial charge in [-0.15, -0.1) is 0 Å². The molecule has 0 saturated heterocycles. The third kappa shape index (κ3) is 1.74. The van der Waals surface area contributed by atoms with Gasteiger partial charge in [-0.1, -0.05) is 0 Å². The Labute approximate surface area is 86.2 Å². The molecule has 2 rings (SSSR count). The molecule has 2 heterocycles. The molecule has 0 atom stereocenters. The third-order valence-electron chi connectivity index (χ3n) is 2.23. The Morgan fingerprint density at radius 2 is 2.33 bits per heavy atom. The number of fused-ring (bicyclic) bond motifs is 1. The molecular formula is C10H10N4O. The van der Waals surface area contributed by atoms with Crippen molar-refractivity contribution in [2.24, 2.45) is 0 Å². The molecule has 2 aromatic rings. The average Bonchev–Trinajstić information content (AvgIpc) is 2.70. The number of aromatic nitrogens is 3. The minimum Gasteiger partial charge on any atom is -0.312 e. The van der Waals surface area contributed by atoms with Crippen LogP contribution >= 0.6 is 0 Å². The highest BCUT2D eigenvalue weighted by Gasteiger charge is 2.01. The molecule has 0 unspecified atom stereocenters. The van der Waals surface area contributed by atoms with Gasteiger partial charge in [0.05, 0.1) is 12.3 Å². The van der Waals surface area contributed by atoms with Crippen molar-refractivity contribution in [3.63, 3.8) is 0 Å². The van der Waals surface area contributed by atoms with Crippen molar-refractivity contribution in [2.45, 2.75) is 19.4 Å². The molecule has 2 aromatic heterocycles. The van der Waals surface area contributed by atoms with Crippen LogP contribution in [-0.4, -0.2) is 14.2 Å². The quantitative estimate of drug-likeness (QED) is 0.691. The summed E-state index contributed by atoms with van der Waals surface area (Å²) in [5, 5.41) is 12.4. The van der Waals surface area contributed by atoms with Gasteiger partial charge >= 0.3 is 0 Å². The maximum absolute atomic E-state index is 11.8. The molecule has 0 spiro atoms. The predicted molar refractivity (Wildman–Crippen MR) is 54.3 cm³/mol. The first-order valence-corrected chi connectivity index (χ1v) is 4.72. The maximum atomic E-state index is 11.8. The monoisotopic (exact) mass is 202 g/mol. The minimum absolute atomic E-state index is 0.0621. The highest BCUT2D eigenvalue weighted by Crippen LogP contribution is 1.96. The van der Waals surface area contributed by atoms with Gasteiger partial charge in [0.25, 0.3) is 5.56 Å². The molecule has 76 valence electrons. The van der Waals surface area contributed by atoms with Crippen LogP contribution in [0.3, 0.4) is 0 Å². The molecule has 0 fully saturated rings. The number of hydrogen-bond donors (Lipinski definition) is 0. The van der Waals surface area contributed by atoms with Crippen LogP contribution in [0.2, 0.25) is 0 Å². The predicted octanol–water partition coefficient (Wildman–Crippen LogP) is 0.800. The molecule has 0 radical (unpaired) electrons. The zero-order chi connectivity index (χ0) is 10.7. The van der Waals surface area contributed by atoms with Crippen molar-refractivity contribution in [3.8, 4) is 6.07 Å². The highest BCUT2D eigenvalue weighted by molar-refractivity contribution is 5.42. The van der Waals surface area contributed by atoms with E-state index in [1.807, 2.05) is 0 Å². The molecule has 0 aromatic carbocycles. The van der Waals surface area contributed by atoms with E-state index >= 15 is 0 Å². The molecular weight excluding hydrogens is 192 g/mol. The van der Waals surface area contributed by atoms with Crippen molar-refractivity contribution < 1.29 is 0 Å². The van der Waals surface area contributed by atoms with Crippen molar-refractivity contribution in [1.82, 2.24) is 14.2 Å². The first kappa shape index (κ1) is 9.46. The molecule has 0 saturated carbocycles. The number of hydrogen-bond acceptors (Lipinski definition) is 3. The Morgan fingerprint density at radius 3 is 3.13 bits per heavy atom. The summed E-state index contributed by atoms with van der Waals surface area (Å²) >= 11 is 0. The van der Waals surface area contributed by atoms with Gasteiger partial charge in [-0.2, -0.15) is 10.4 Å². The van der Waals surface area contributed by atoms with E-state index in [2.05, 4.69) is 11.2 Å². The molecule has 0 N–H and O–H groups in total. The van der Waals surface area contributed by atoms with E-state index in [0.717, 1.165) is 0 Å². The standard InChI is InChI=1S/C10H10N4O/c11-4-1-2-6-13-7-8-14-9(10(13)15)3-5-12-14/h3,5,7-8H,1-2,6H2. The first-order chi connectivity index (χ1) is 7.33. The lowest BCUT2D eigenvalue weighted by molar-refractivity contribution is 0.627. The average molecular weight is 202 g/mol. The van der Waals surface area contributed by atoms with Crippen molar-refractivity contribution in [3.05, 3.63) is 35.0 Å². The van der Waals surface area contributed by atoms with Gasteiger partial charge in [0, 0.05) is 25.4 Å². The Hall–Kier alpha value is -2.09. The summed E-state index contributed by atoms with van der Waals surface area (Å²) in [5.41, 5.74) is 0.502. The summed E-state index contributed by atoms with van der Waals surface area (Å²) in [4.78, 5) is 11.8. The highest BCUT2D eigenvalue weighted by atomic mass is 16.1. The van der Waals surface area contributed by atoms with Crippen LogP contribution in [0.4, 0.5) is 0 Å².